The molecule has 0 radical (unpaired) electrons. The fraction of sp³-hybridized carbons (Fsp3) is 0.0769. The summed E-state index contributed by atoms with van der Waals surface area (Å²) >= 11 is 5.95. The third-order valence-corrected chi connectivity index (χ3v) is 3.38. The molecule has 0 saturated carbocycles. The second-order valence-electron chi connectivity index (χ2n) is 3.15. The highest BCUT2D eigenvalue weighted by molar-refractivity contribution is 7.80. The Labute approximate surface area is 99.7 Å². The molecule has 0 aliphatic carbocycles. The monoisotopic (exact) mass is 232 g/mol. The van der Waals surface area contributed by atoms with E-state index >= 15 is 0 Å². The predicted octanol–water partition coefficient (Wildman–Crippen LogP) is 4.36. The summed E-state index contributed by atoms with van der Waals surface area (Å²) in [6.45, 7) is 0. The second kappa shape index (κ2) is 5.19. The molecule has 1 aromatic heterocycles. The molecule has 0 atom stereocenters. The minimum Gasteiger partial charge on any atom is -0.175 e. The van der Waals surface area contributed by atoms with Crippen molar-refractivity contribution < 1.29 is 0 Å². The van der Waals surface area contributed by atoms with Gasteiger partial charge in [0.15, 0.2) is 0 Å². The number of thiophene rings is 1. The molecule has 0 amide bonds. The van der Waals surface area contributed by atoms with Crippen LogP contribution in [0.2, 0.25) is 0 Å². The van der Waals surface area contributed by atoms with E-state index in [-0.39, 0.29) is 0 Å². The zero-order valence-electron chi connectivity index (χ0n) is 8.26. The zero-order valence-corrected chi connectivity index (χ0v) is 9.97. The van der Waals surface area contributed by atoms with Crippen molar-refractivity contribution in [1.29, 1.82) is 0 Å². The van der Waals surface area contributed by atoms with E-state index in [9.17, 15) is 0 Å². The number of hydrogen-bond donors (Lipinski definition) is 1. The molecule has 2 heteroatoms. The minimum atomic E-state index is 0.790. The third-order valence-electron chi connectivity index (χ3n) is 2.07. The minimum absolute atomic E-state index is 0.790. The summed E-state index contributed by atoms with van der Waals surface area (Å²) in [4.78, 5) is 2.59. The Hall–Kier alpha value is -0.990. The van der Waals surface area contributed by atoms with Gasteiger partial charge in [-0.15, -0.1) is 11.3 Å². The summed E-state index contributed by atoms with van der Waals surface area (Å²) in [5.41, 5.74) is 1.29. The van der Waals surface area contributed by atoms with Gasteiger partial charge in [-0.25, -0.2) is 0 Å². The van der Waals surface area contributed by atoms with Gasteiger partial charge < -0.3 is 0 Å². The zero-order chi connectivity index (χ0) is 10.5. The molecular formula is C13H12S2. The summed E-state index contributed by atoms with van der Waals surface area (Å²) in [5.74, 6) is 0.790. The lowest BCUT2D eigenvalue weighted by Crippen LogP contribution is -1.67. The molecule has 0 nitrogen and oxygen atoms in total. The van der Waals surface area contributed by atoms with Crippen LogP contribution < -0.4 is 0 Å². The summed E-state index contributed by atoms with van der Waals surface area (Å²) in [7, 11) is 0. The van der Waals surface area contributed by atoms with Crippen molar-refractivity contribution in [2.24, 2.45) is 0 Å². The maximum atomic E-state index is 4.15. The second-order valence-corrected chi connectivity index (χ2v) is 4.63. The highest BCUT2D eigenvalue weighted by Crippen LogP contribution is 2.28. The normalized spacial score (nSPS) is 11.0. The first-order valence-electron chi connectivity index (χ1n) is 4.83. The topological polar surface area (TPSA) is 0 Å². The predicted molar refractivity (Wildman–Crippen MR) is 72.6 cm³/mol. The molecule has 0 bridgehead atoms. The Morgan fingerprint density at radius 3 is 2.60 bits per heavy atom. The van der Waals surface area contributed by atoms with Gasteiger partial charge in [0.25, 0.3) is 0 Å². The molecule has 1 heterocycles. The average Bonchev–Trinajstić information content (AvgIpc) is 2.76. The third kappa shape index (κ3) is 2.74. The van der Waals surface area contributed by atoms with Crippen LogP contribution in [0.1, 0.15) is 4.88 Å². The van der Waals surface area contributed by atoms with Crippen LogP contribution in [0.3, 0.4) is 0 Å². The van der Waals surface area contributed by atoms with E-state index < -0.39 is 0 Å². The lowest BCUT2D eigenvalue weighted by molar-refractivity contribution is 1.70. The van der Waals surface area contributed by atoms with E-state index in [4.69, 9.17) is 0 Å². The Morgan fingerprint density at radius 2 is 1.87 bits per heavy atom. The fourth-order valence-electron chi connectivity index (χ4n) is 1.37. The average molecular weight is 232 g/mol. The van der Waals surface area contributed by atoms with Gasteiger partial charge in [-0.05, 0) is 23.8 Å². The maximum Gasteiger partial charge on any atom is 0.0349 e. The Balaban J connectivity index is 2.24. The van der Waals surface area contributed by atoms with Gasteiger partial charge in [-0.1, -0.05) is 36.4 Å². The number of rotatable bonds is 3. The number of thiol groups is 1. The van der Waals surface area contributed by atoms with Gasteiger partial charge in [0.05, 0.1) is 0 Å². The number of hydrogen-bond acceptors (Lipinski definition) is 2. The quantitative estimate of drug-likeness (QED) is 0.747. The van der Waals surface area contributed by atoms with Crippen molar-refractivity contribution >= 4 is 30.0 Å². The standard InChI is InChI=1S/C13H12S2/c14-10-4-7-12-8-9-13(15-12)11-5-2-1-3-6-11/h1-9,14H,10H2. The number of benzene rings is 1. The summed E-state index contributed by atoms with van der Waals surface area (Å²) in [6.07, 6.45) is 4.17. The smallest absolute Gasteiger partial charge is 0.0349 e. The summed E-state index contributed by atoms with van der Waals surface area (Å²) in [6, 6.07) is 14.8. The van der Waals surface area contributed by atoms with Crippen molar-refractivity contribution in [1.82, 2.24) is 0 Å². The highest BCUT2D eigenvalue weighted by Gasteiger charge is 1.99. The van der Waals surface area contributed by atoms with Gasteiger partial charge in [0, 0.05) is 15.5 Å². The van der Waals surface area contributed by atoms with E-state index in [0.29, 0.717) is 0 Å². The Bertz CT molecular complexity index is 441. The van der Waals surface area contributed by atoms with Gasteiger partial charge in [-0.3, -0.25) is 0 Å². The molecule has 0 saturated heterocycles. The van der Waals surface area contributed by atoms with Crippen molar-refractivity contribution in [3.63, 3.8) is 0 Å². The first-order chi connectivity index (χ1) is 7.40. The van der Waals surface area contributed by atoms with Crippen LogP contribution in [0.4, 0.5) is 0 Å². The van der Waals surface area contributed by atoms with Gasteiger partial charge in [0.1, 0.15) is 0 Å². The molecule has 0 unspecified atom stereocenters. The van der Waals surface area contributed by atoms with E-state index in [1.807, 2.05) is 6.07 Å². The van der Waals surface area contributed by atoms with Crippen molar-refractivity contribution in [3.05, 3.63) is 53.4 Å². The summed E-state index contributed by atoms with van der Waals surface area (Å²) in [5, 5.41) is 0. The highest BCUT2D eigenvalue weighted by atomic mass is 32.1. The maximum absolute atomic E-state index is 4.15. The SMILES string of the molecule is SCC=Cc1ccc(-c2ccccc2)s1. The largest absolute Gasteiger partial charge is 0.175 e. The first-order valence-corrected chi connectivity index (χ1v) is 6.28. The lowest BCUT2D eigenvalue weighted by atomic mass is 10.2. The molecule has 15 heavy (non-hydrogen) atoms. The first kappa shape index (κ1) is 10.5. The van der Waals surface area contributed by atoms with Gasteiger partial charge in [0.2, 0.25) is 0 Å². The van der Waals surface area contributed by atoms with E-state index in [1.54, 1.807) is 11.3 Å². The van der Waals surface area contributed by atoms with E-state index in [1.165, 1.54) is 15.3 Å². The molecular weight excluding hydrogens is 220 g/mol. The lowest BCUT2D eigenvalue weighted by Gasteiger charge is -1.94. The van der Waals surface area contributed by atoms with Crippen LogP contribution in [0, 0.1) is 0 Å². The van der Waals surface area contributed by atoms with Crippen LogP contribution in [0.25, 0.3) is 16.5 Å². The van der Waals surface area contributed by atoms with Crippen molar-refractivity contribution in [3.8, 4) is 10.4 Å². The van der Waals surface area contributed by atoms with Crippen LogP contribution >= 0.6 is 24.0 Å². The van der Waals surface area contributed by atoms with Gasteiger partial charge in [-0.2, -0.15) is 12.6 Å². The van der Waals surface area contributed by atoms with Crippen molar-refractivity contribution in [2.45, 2.75) is 0 Å². The van der Waals surface area contributed by atoms with Gasteiger partial charge >= 0.3 is 0 Å². The molecule has 0 aliphatic rings. The molecule has 0 aliphatic heterocycles. The molecule has 0 N–H and O–H groups in total. The molecule has 76 valence electrons. The molecule has 2 aromatic rings. The molecule has 1 aromatic carbocycles. The molecule has 2 rings (SSSR count). The summed E-state index contributed by atoms with van der Waals surface area (Å²) < 4.78 is 0. The van der Waals surface area contributed by atoms with Crippen LogP contribution in [0.15, 0.2) is 48.5 Å². The fourth-order valence-corrected chi connectivity index (χ4v) is 2.42. The molecule has 0 fully saturated rings. The van der Waals surface area contributed by atoms with E-state index in [0.717, 1.165) is 5.75 Å². The van der Waals surface area contributed by atoms with E-state index in [2.05, 4.69) is 61.2 Å². The Morgan fingerprint density at radius 1 is 1.07 bits per heavy atom. The van der Waals surface area contributed by atoms with Crippen LogP contribution in [-0.2, 0) is 0 Å². The van der Waals surface area contributed by atoms with Crippen LogP contribution in [0.5, 0.6) is 0 Å². The molecule has 0 spiro atoms. The van der Waals surface area contributed by atoms with Crippen LogP contribution in [-0.4, -0.2) is 5.75 Å². The van der Waals surface area contributed by atoms with Crippen molar-refractivity contribution in [2.75, 3.05) is 5.75 Å². The Kier molecular flexibility index (Phi) is 3.64.